The van der Waals surface area contributed by atoms with Gasteiger partial charge in [0.15, 0.2) is 15.9 Å². The van der Waals surface area contributed by atoms with Gasteiger partial charge in [-0.15, -0.1) is 0 Å². The molecule has 3 aromatic rings. The fourth-order valence-electron chi connectivity index (χ4n) is 2.91. The fourth-order valence-corrected chi connectivity index (χ4v) is 3.61. The average Bonchev–Trinajstić information content (AvgIpc) is 2.73. The van der Waals surface area contributed by atoms with Crippen LogP contribution in [0.2, 0.25) is 0 Å². The number of benzene rings is 3. The lowest BCUT2D eigenvalue weighted by molar-refractivity contribution is -0.131. The van der Waals surface area contributed by atoms with Crippen molar-refractivity contribution in [2.24, 2.45) is 0 Å². The predicted octanol–water partition coefficient (Wildman–Crippen LogP) is 4.97. The zero-order valence-corrected chi connectivity index (χ0v) is 16.7. The average molecular weight is 437 g/mol. The second-order valence-corrected chi connectivity index (χ2v) is 7.33. The van der Waals surface area contributed by atoms with Crippen molar-refractivity contribution in [3.8, 4) is 5.75 Å². The Bertz CT molecular complexity index is 1020. The first-order chi connectivity index (χ1) is 13.4. The van der Waals surface area contributed by atoms with Crippen molar-refractivity contribution < 1.29 is 19.1 Å². The molecule has 0 aliphatic heterocycles. The van der Waals surface area contributed by atoms with Gasteiger partial charge in [-0.2, -0.15) is 0 Å². The molecule has 3 aromatic carbocycles. The van der Waals surface area contributed by atoms with E-state index in [-0.39, 0.29) is 11.3 Å². The summed E-state index contributed by atoms with van der Waals surface area (Å²) >= 11 is 3.46. The van der Waals surface area contributed by atoms with E-state index in [1.807, 2.05) is 0 Å². The van der Waals surface area contributed by atoms with Gasteiger partial charge in [-0.25, -0.2) is 0 Å². The van der Waals surface area contributed by atoms with E-state index in [1.165, 1.54) is 19.1 Å². The van der Waals surface area contributed by atoms with Crippen LogP contribution in [0.5, 0.6) is 5.75 Å². The van der Waals surface area contributed by atoms with E-state index >= 15 is 0 Å². The Morgan fingerprint density at radius 2 is 1.29 bits per heavy atom. The molecular formula is C23H17BrO4. The number of halogens is 1. The van der Waals surface area contributed by atoms with E-state index in [1.54, 1.807) is 72.8 Å². The van der Waals surface area contributed by atoms with E-state index in [2.05, 4.69) is 15.9 Å². The summed E-state index contributed by atoms with van der Waals surface area (Å²) in [6.45, 7) is 1.26. The highest BCUT2D eigenvalue weighted by atomic mass is 79.9. The lowest BCUT2D eigenvalue weighted by atomic mass is 9.84. The normalized spacial score (nSPS) is 12.6. The summed E-state index contributed by atoms with van der Waals surface area (Å²) in [5.74, 6) is -1.35. The third-order valence-corrected chi connectivity index (χ3v) is 5.40. The molecule has 0 aromatic heterocycles. The molecule has 1 unspecified atom stereocenters. The van der Waals surface area contributed by atoms with Gasteiger partial charge in [0.1, 0.15) is 5.75 Å². The molecule has 3 rings (SSSR count). The highest BCUT2D eigenvalue weighted by Gasteiger charge is 2.46. The van der Waals surface area contributed by atoms with Gasteiger partial charge in [0.2, 0.25) is 0 Å². The maximum Gasteiger partial charge on any atom is 0.308 e. The Kier molecular flexibility index (Phi) is 5.85. The van der Waals surface area contributed by atoms with Crippen LogP contribution in [0.3, 0.4) is 0 Å². The molecule has 0 aliphatic rings. The Morgan fingerprint density at radius 3 is 1.89 bits per heavy atom. The van der Waals surface area contributed by atoms with Crippen molar-refractivity contribution in [2.75, 3.05) is 0 Å². The van der Waals surface area contributed by atoms with Crippen molar-refractivity contribution in [2.45, 2.75) is 11.2 Å². The molecule has 28 heavy (non-hydrogen) atoms. The van der Waals surface area contributed by atoms with E-state index in [0.717, 1.165) is 0 Å². The first-order valence-electron chi connectivity index (χ1n) is 8.61. The largest absolute Gasteiger partial charge is 0.426 e. The summed E-state index contributed by atoms with van der Waals surface area (Å²) < 4.78 is 3.53. The number of alkyl halides is 1. The number of esters is 1. The Labute approximate surface area is 171 Å². The molecule has 0 heterocycles. The first-order valence-corrected chi connectivity index (χ1v) is 9.40. The smallest absolute Gasteiger partial charge is 0.308 e. The van der Waals surface area contributed by atoms with Crippen LogP contribution in [0.1, 0.15) is 33.2 Å². The number of carbonyl (C=O) groups excluding carboxylic acids is 3. The maximum absolute atomic E-state index is 13.6. The second-order valence-electron chi connectivity index (χ2n) is 6.14. The number of Topliss-reactive ketones (excluding diaryl/α,β-unsaturated/α-hetero) is 2. The van der Waals surface area contributed by atoms with Gasteiger partial charge in [0, 0.05) is 12.5 Å². The standard InChI is InChI=1S/C23H17BrO4/c1-16(25)28-20-15-9-8-14-19(20)22(27)23(24,18-12-6-3-7-13-18)21(26)17-10-4-2-5-11-17/h2-15H,1H3. The SMILES string of the molecule is CC(=O)Oc1ccccc1C(=O)C(Br)(C(=O)c1ccccc1)c1ccccc1. The summed E-state index contributed by atoms with van der Waals surface area (Å²) in [4.78, 5) is 38.5. The molecule has 0 N–H and O–H groups in total. The minimum Gasteiger partial charge on any atom is -0.426 e. The number of carbonyl (C=O) groups is 3. The molecule has 5 heteroatoms. The van der Waals surface area contributed by atoms with Crippen LogP contribution in [0, 0.1) is 0 Å². The van der Waals surface area contributed by atoms with E-state index in [4.69, 9.17) is 4.74 Å². The molecule has 0 amide bonds. The monoisotopic (exact) mass is 436 g/mol. The van der Waals surface area contributed by atoms with Crippen molar-refractivity contribution in [1.29, 1.82) is 0 Å². The lowest BCUT2D eigenvalue weighted by Crippen LogP contribution is -2.38. The van der Waals surface area contributed by atoms with E-state index < -0.39 is 21.9 Å². The van der Waals surface area contributed by atoms with Crippen LogP contribution in [0.25, 0.3) is 0 Å². The number of ether oxygens (including phenoxy) is 1. The van der Waals surface area contributed by atoms with Crippen LogP contribution >= 0.6 is 15.9 Å². The fraction of sp³-hybridized carbons (Fsp3) is 0.0870. The van der Waals surface area contributed by atoms with Crippen molar-refractivity contribution in [1.82, 2.24) is 0 Å². The van der Waals surface area contributed by atoms with Gasteiger partial charge < -0.3 is 4.74 Å². The predicted molar refractivity (Wildman–Crippen MR) is 110 cm³/mol. The zero-order valence-electron chi connectivity index (χ0n) is 15.1. The molecule has 0 aliphatic carbocycles. The van der Waals surface area contributed by atoms with Crippen molar-refractivity contribution in [3.63, 3.8) is 0 Å². The van der Waals surface area contributed by atoms with Crippen molar-refractivity contribution in [3.05, 3.63) is 102 Å². The Balaban J connectivity index is 2.17. The quantitative estimate of drug-likeness (QED) is 0.180. The summed E-state index contributed by atoms with van der Waals surface area (Å²) in [6.07, 6.45) is 0. The Morgan fingerprint density at radius 1 is 0.750 bits per heavy atom. The number of ketones is 2. The first kappa shape index (κ1) is 19.7. The highest BCUT2D eigenvalue weighted by Crippen LogP contribution is 2.40. The summed E-state index contributed by atoms with van der Waals surface area (Å²) in [7, 11) is 0. The maximum atomic E-state index is 13.6. The van der Waals surface area contributed by atoms with Crippen LogP contribution in [-0.4, -0.2) is 17.5 Å². The number of hydrogen-bond donors (Lipinski definition) is 0. The third kappa shape index (κ3) is 3.80. The van der Waals surface area contributed by atoms with Crippen LogP contribution in [0.4, 0.5) is 0 Å². The van der Waals surface area contributed by atoms with E-state index in [9.17, 15) is 14.4 Å². The minimum absolute atomic E-state index is 0.112. The molecule has 0 bridgehead atoms. The molecule has 0 saturated heterocycles. The van der Waals surface area contributed by atoms with Crippen LogP contribution < -0.4 is 4.74 Å². The highest BCUT2D eigenvalue weighted by molar-refractivity contribution is 9.10. The van der Waals surface area contributed by atoms with Gasteiger partial charge >= 0.3 is 5.97 Å². The minimum atomic E-state index is -1.66. The van der Waals surface area contributed by atoms with Gasteiger partial charge in [-0.1, -0.05) is 88.7 Å². The molecule has 0 fully saturated rings. The van der Waals surface area contributed by atoms with Gasteiger partial charge in [0.05, 0.1) is 5.56 Å². The third-order valence-electron chi connectivity index (χ3n) is 4.22. The molecule has 0 radical (unpaired) electrons. The molecule has 140 valence electrons. The molecule has 0 spiro atoms. The molecular weight excluding hydrogens is 420 g/mol. The van der Waals surface area contributed by atoms with Crippen LogP contribution in [-0.2, 0) is 9.12 Å². The van der Waals surface area contributed by atoms with Crippen LogP contribution in [0.15, 0.2) is 84.9 Å². The van der Waals surface area contributed by atoms with Gasteiger partial charge in [-0.3, -0.25) is 14.4 Å². The zero-order chi connectivity index (χ0) is 20.1. The summed E-state index contributed by atoms with van der Waals surface area (Å²) in [5.41, 5.74) is 1.02. The van der Waals surface area contributed by atoms with Gasteiger partial charge in [-0.05, 0) is 17.7 Å². The number of hydrogen-bond acceptors (Lipinski definition) is 4. The lowest BCUT2D eigenvalue weighted by Gasteiger charge is -2.26. The molecule has 0 saturated carbocycles. The summed E-state index contributed by atoms with van der Waals surface area (Å²) in [6, 6.07) is 23.7. The van der Waals surface area contributed by atoms with Gasteiger partial charge in [0.25, 0.3) is 0 Å². The molecule has 1 atom stereocenters. The topological polar surface area (TPSA) is 60.4 Å². The van der Waals surface area contributed by atoms with E-state index in [0.29, 0.717) is 11.1 Å². The van der Waals surface area contributed by atoms with Crippen molar-refractivity contribution >= 4 is 33.5 Å². The summed E-state index contributed by atoms with van der Waals surface area (Å²) in [5, 5.41) is 0. The number of para-hydroxylation sites is 1. The Hall–Kier alpha value is -3.05. The second kappa shape index (κ2) is 8.31. The molecule has 4 nitrogen and oxygen atoms in total. The number of rotatable bonds is 6.